The van der Waals surface area contributed by atoms with Crippen LogP contribution in [0.4, 0.5) is 0 Å². The fourth-order valence-electron chi connectivity index (χ4n) is 3.36. The van der Waals surface area contributed by atoms with Gasteiger partial charge in [0.15, 0.2) is 0 Å². The zero-order valence-electron chi connectivity index (χ0n) is 11.9. The molecule has 0 bridgehead atoms. The SMILES string of the molecule is COc1ccc(C2(CC3CCCN3)COC2)cc1C. The second kappa shape index (κ2) is 5.14. The van der Waals surface area contributed by atoms with Crippen molar-refractivity contribution < 1.29 is 9.47 Å². The second-order valence-electron chi connectivity index (χ2n) is 5.95. The summed E-state index contributed by atoms with van der Waals surface area (Å²) in [5.41, 5.74) is 2.84. The normalized spacial score (nSPS) is 25.1. The van der Waals surface area contributed by atoms with E-state index in [1.807, 2.05) is 0 Å². The molecule has 1 atom stereocenters. The van der Waals surface area contributed by atoms with Crippen molar-refractivity contribution in [3.05, 3.63) is 29.3 Å². The minimum Gasteiger partial charge on any atom is -0.496 e. The highest BCUT2D eigenvalue weighted by Crippen LogP contribution is 2.39. The van der Waals surface area contributed by atoms with Gasteiger partial charge in [0.2, 0.25) is 0 Å². The first kappa shape index (κ1) is 12.9. The lowest BCUT2D eigenvalue weighted by Crippen LogP contribution is -2.50. The highest BCUT2D eigenvalue weighted by atomic mass is 16.5. The molecule has 1 aromatic carbocycles. The average molecular weight is 261 g/mol. The Morgan fingerprint density at radius 2 is 2.26 bits per heavy atom. The first-order chi connectivity index (χ1) is 9.23. The van der Waals surface area contributed by atoms with E-state index in [9.17, 15) is 0 Å². The number of ether oxygens (including phenoxy) is 2. The summed E-state index contributed by atoms with van der Waals surface area (Å²) < 4.78 is 10.9. The van der Waals surface area contributed by atoms with E-state index >= 15 is 0 Å². The van der Waals surface area contributed by atoms with Crippen molar-refractivity contribution in [2.75, 3.05) is 26.9 Å². The van der Waals surface area contributed by atoms with Crippen LogP contribution in [0, 0.1) is 6.92 Å². The third-order valence-corrected chi connectivity index (χ3v) is 4.56. The predicted molar refractivity (Wildman–Crippen MR) is 75.9 cm³/mol. The number of nitrogens with one attached hydrogen (secondary N) is 1. The van der Waals surface area contributed by atoms with Gasteiger partial charge >= 0.3 is 0 Å². The molecule has 3 heteroatoms. The molecule has 3 nitrogen and oxygen atoms in total. The molecule has 3 rings (SSSR count). The van der Waals surface area contributed by atoms with Crippen molar-refractivity contribution in [3.8, 4) is 5.75 Å². The summed E-state index contributed by atoms with van der Waals surface area (Å²) in [5.74, 6) is 0.970. The molecule has 0 radical (unpaired) electrons. The molecule has 1 N–H and O–H groups in total. The Bertz CT molecular complexity index is 448. The number of rotatable bonds is 4. The summed E-state index contributed by atoms with van der Waals surface area (Å²) in [6.07, 6.45) is 3.80. The van der Waals surface area contributed by atoms with E-state index in [0.717, 1.165) is 19.0 Å². The van der Waals surface area contributed by atoms with E-state index in [1.54, 1.807) is 7.11 Å². The van der Waals surface area contributed by atoms with Crippen molar-refractivity contribution >= 4 is 0 Å². The van der Waals surface area contributed by atoms with Gasteiger partial charge in [0.05, 0.1) is 20.3 Å². The highest BCUT2D eigenvalue weighted by Gasteiger charge is 2.42. The molecule has 1 aromatic rings. The third kappa shape index (κ3) is 2.37. The molecule has 2 aliphatic rings. The molecule has 2 fully saturated rings. The molecular formula is C16H23NO2. The lowest BCUT2D eigenvalue weighted by Gasteiger charge is -2.44. The van der Waals surface area contributed by atoms with Gasteiger partial charge in [-0.2, -0.15) is 0 Å². The maximum Gasteiger partial charge on any atom is 0.121 e. The van der Waals surface area contributed by atoms with Crippen molar-refractivity contribution in [2.45, 2.75) is 37.6 Å². The number of hydrogen-bond acceptors (Lipinski definition) is 3. The minimum atomic E-state index is 0.221. The Kier molecular flexibility index (Phi) is 3.50. The predicted octanol–water partition coefficient (Wildman–Crippen LogP) is 2.41. The van der Waals surface area contributed by atoms with Crippen LogP contribution in [-0.2, 0) is 10.2 Å². The molecule has 104 valence electrons. The summed E-state index contributed by atoms with van der Waals surface area (Å²) in [5, 5.41) is 3.61. The lowest BCUT2D eigenvalue weighted by molar-refractivity contribution is -0.0679. The number of benzene rings is 1. The van der Waals surface area contributed by atoms with Gasteiger partial charge in [0, 0.05) is 11.5 Å². The van der Waals surface area contributed by atoms with Crippen LogP contribution in [0.5, 0.6) is 5.75 Å². The number of aryl methyl sites for hydroxylation is 1. The summed E-state index contributed by atoms with van der Waals surface area (Å²) in [7, 11) is 1.73. The third-order valence-electron chi connectivity index (χ3n) is 4.56. The molecule has 2 aliphatic heterocycles. The molecule has 0 saturated carbocycles. The van der Waals surface area contributed by atoms with Gasteiger partial charge in [0.1, 0.15) is 5.75 Å². The Morgan fingerprint density at radius 3 is 2.79 bits per heavy atom. The van der Waals surface area contributed by atoms with Gasteiger partial charge in [-0.3, -0.25) is 0 Å². The maximum atomic E-state index is 5.54. The van der Waals surface area contributed by atoms with E-state index < -0.39 is 0 Å². The fourth-order valence-corrected chi connectivity index (χ4v) is 3.36. The van der Waals surface area contributed by atoms with Crippen LogP contribution >= 0.6 is 0 Å². The Labute approximate surface area is 115 Å². The average Bonchev–Trinajstić information content (AvgIpc) is 2.86. The minimum absolute atomic E-state index is 0.221. The number of methoxy groups -OCH3 is 1. The lowest BCUT2D eigenvalue weighted by atomic mass is 9.73. The standard InChI is InChI=1S/C16H23NO2/c1-12-8-13(5-6-15(12)18-2)16(10-19-11-16)9-14-4-3-7-17-14/h5-6,8,14,17H,3-4,7,9-11H2,1-2H3. The zero-order chi connectivity index (χ0) is 13.3. The van der Waals surface area contributed by atoms with E-state index in [2.05, 4.69) is 30.4 Å². The van der Waals surface area contributed by atoms with Crippen molar-refractivity contribution in [2.24, 2.45) is 0 Å². The molecule has 0 aromatic heterocycles. The van der Waals surface area contributed by atoms with Gasteiger partial charge in [-0.25, -0.2) is 0 Å². The molecule has 0 aliphatic carbocycles. The van der Waals surface area contributed by atoms with E-state index in [-0.39, 0.29) is 5.41 Å². The topological polar surface area (TPSA) is 30.5 Å². The molecular weight excluding hydrogens is 238 g/mol. The molecule has 2 heterocycles. The molecule has 1 unspecified atom stereocenters. The Balaban J connectivity index is 1.82. The number of hydrogen-bond donors (Lipinski definition) is 1. The Morgan fingerprint density at radius 1 is 1.42 bits per heavy atom. The van der Waals surface area contributed by atoms with Crippen molar-refractivity contribution in [3.63, 3.8) is 0 Å². The molecule has 2 saturated heterocycles. The highest BCUT2D eigenvalue weighted by molar-refractivity contribution is 5.40. The summed E-state index contributed by atoms with van der Waals surface area (Å²) >= 11 is 0. The summed E-state index contributed by atoms with van der Waals surface area (Å²) in [6.45, 7) is 5.00. The van der Waals surface area contributed by atoms with Crippen molar-refractivity contribution in [1.29, 1.82) is 0 Å². The Hall–Kier alpha value is -1.06. The van der Waals surface area contributed by atoms with Crippen LogP contribution in [0.2, 0.25) is 0 Å². The van der Waals surface area contributed by atoms with Crippen LogP contribution in [0.1, 0.15) is 30.4 Å². The van der Waals surface area contributed by atoms with Gasteiger partial charge < -0.3 is 14.8 Å². The van der Waals surface area contributed by atoms with Crippen LogP contribution < -0.4 is 10.1 Å². The smallest absolute Gasteiger partial charge is 0.121 e. The quantitative estimate of drug-likeness (QED) is 0.903. The van der Waals surface area contributed by atoms with E-state index in [4.69, 9.17) is 9.47 Å². The summed E-state index contributed by atoms with van der Waals surface area (Å²) in [6, 6.07) is 7.23. The fraction of sp³-hybridized carbons (Fsp3) is 0.625. The van der Waals surface area contributed by atoms with Crippen molar-refractivity contribution in [1.82, 2.24) is 5.32 Å². The van der Waals surface area contributed by atoms with Crippen LogP contribution in [-0.4, -0.2) is 32.9 Å². The molecule has 19 heavy (non-hydrogen) atoms. The van der Waals surface area contributed by atoms with Gasteiger partial charge in [0.25, 0.3) is 0 Å². The largest absolute Gasteiger partial charge is 0.496 e. The maximum absolute atomic E-state index is 5.54. The van der Waals surface area contributed by atoms with E-state index in [1.165, 1.54) is 36.9 Å². The zero-order valence-corrected chi connectivity index (χ0v) is 11.9. The van der Waals surface area contributed by atoms with Crippen LogP contribution in [0.15, 0.2) is 18.2 Å². The van der Waals surface area contributed by atoms with Gasteiger partial charge in [-0.15, -0.1) is 0 Å². The van der Waals surface area contributed by atoms with Crippen LogP contribution in [0.25, 0.3) is 0 Å². The first-order valence-electron chi connectivity index (χ1n) is 7.20. The van der Waals surface area contributed by atoms with E-state index in [0.29, 0.717) is 6.04 Å². The van der Waals surface area contributed by atoms with Gasteiger partial charge in [-0.05, 0) is 49.9 Å². The van der Waals surface area contributed by atoms with Gasteiger partial charge in [-0.1, -0.05) is 12.1 Å². The monoisotopic (exact) mass is 261 g/mol. The molecule has 0 amide bonds. The first-order valence-corrected chi connectivity index (χ1v) is 7.20. The van der Waals surface area contributed by atoms with Crippen LogP contribution in [0.3, 0.4) is 0 Å². The second-order valence-corrected chi connectivity index (χ2v) is 5.95. The molecule has 0 spiro atoms. The summed E-state index contributed by atoms with van der Waals surface area (Å²) in [4.78, 5) is 0.